The van der Waals surface area contributed by atoms with Gasteiger partial charge in [0.15, 0.2) is 5.96 Å². The van der Waals surface area contributed by atoms with E-state index in [2.05, 4.69) is 66.5 Å². The van der Waals surface area contributed by atoms with Crippen molar-refractivity contribution in [1.29, 1.82) is 0 Å². The number of halogens is 1. The Balaban J connectivity index is 0.00000363. The molecule has 0 spiro atoms. The van der Waals surface area contributed by atoms with Gasteiger partial charge >= 0.3 is 0 Å². The van der Waals surface area contributed by atoms with Crippen molar-refractivity contribution in [2.24, 2.45) is 4.99 Å². The van der Waals surface area contributed by atoms with Gasteiger partial charge in [0.2, 0.25) is 0 Å². The van der Waals surface area contributed by atoms with Crippen LogP contribution in [-0.4, -0.2) is 33.1 Å². The molecule has 0 amide bonds. The Labute approximate surface area is 207 Å². The zero-order chi connectivity index (χ0) is 22.1. The van der Waals surface area contributed by atoms with Crippen molar-refractivity contribution in [3.8, 4) is 11.6 Å². The predicted molar refractivity (Wildman–Crippen MR) is 140 cm³/mol. The van der Waals surface area contributed by atoms with E-state index in [1.54, 1.807) is 18.7 Å². The second-order valence-electron chi connectivity index (χ2n) is 7.49. The molecule has 3 aromatic rings. The number of aromatic nitrogens is 3. The Bertz CT molecular complexity index is 990. The molecule has 32 heavy (non-hydrogen) atoms. The Morgan fingerprint density at radius 1 is 1.16 bits per heavy atom. The predicted octanol–water partition coefficient (Wildman–Crippen LogP) is 4.63. The highest BCUT2D eigenvalue weighted by atomic mass is 127. The maximum Gasteiger partial charge on any atom is 0.191 e. The monoisotopic (exact) mass is 548 g/mol. The molecule has 0 saturated heterocycles. The van der Waals surface area contributed by atoms with Crippen molar-refractivity contribution in [3.05, 3.63) is 71.9 Å². The zero-order valence-electron chi connectivity index (χ0n) is 19.2. The summed E-state index contributed by atoms with van der Waals surface area (Å²) in [6.07, 6.45) is 8.30. The minimum atomic E-state index is 0. The highest BCUT2D eigenvalue weighted by Crippen LogP contribution is 2.22. The lowest BCUT2D eigenvalue weighted by Crippen LogP contribution is -2.37. The number of nitrogens with one attached hydrogen (secondary N) is 2. The van der Waals surface area contributed by atoms with Crippen molar-refractivity contribution in [2.45, 2.75) is 53.3 Å². The van der Waals surface area contributed by atoms with Gasteiger partial charge in [-0.3, -0.25) is 4.57 Å². The number of guanidine groups is 1. The second kappa shape index (κ2) is 13.0. The minimum Gasteiger partial charge on any atom is -0.490 e. The summed E-state index contributed by atoms with van der Waals surface area (Å²) in [4.78, 5) is 13.2. The van der Waals surface area contributed by atoms with Crippen molar-refractivity contribution < 1.29 is 4.74 Å². The second-order valence-corrected chi connectivity index (χ2v) is 7.49. The Hall–Kier alpha value is -2.62. The van der Waals surface area contributed by atoms with Crippen LogP contribution in [-0.2, 0) is 13.1 Å². The fourth-order valence-electron chi connectivity index (χ4n) is 3.00. The van der Waals surface area contributed by atoms with Gasteiger partial charge in [-0.05, 0) is 56.5 Å². The highest BCUT2D eigenvalue weighted by Gasteiger charge is 2.09. The molecule has 2 N–H and O–H groups in total. The smallest absolute Gasteiger partial charge is 0.191 e. The maximum absolute atomic E-state index is 6.13. The van der Waals surface area contributed by atoms with Crippen LogP contribution in [0.3, 0.4) is 0 Å². The van der Waals surface area contributed by atoms with Crippen molar-refractivity contribution in [3.63, 3.8) is 0 Å². The van der Waals surface area contributed by atoms with Gasteiger partial charge in [0, 0.05) is 37.2 Å². The van der Waals surface area contributed by atoms with Gasteiger partial charge in [0.05, 0.1) is 12.6 Å². The Morgan fingerprint density at radius 3 is 2.72 bits per heavy atom. The van der Waals surface area contributed by atoms with Crippen LogP contribution in [0, 0.1) is 6.92 Å². The van der Waals surface area contributed by atoms with E-state index in [9.17, 15) is 0 Å². The van der Waals surface area contributed by atoms with E-state index >= 15 is 0 Å². The van der Waals surface area contributed by atoms with Gasteiger partial charge < -0.3 is 15.4 Å². The van der Waals surface area contributed by atoms with E-state index in [1.165, 1.54) is 5.56 Å². The van der Waals surface area contributed by atoms with Gasteiger partial charge in [-0.1, -0.05) is 19.1 Å². The molecule has 0 bridgehead atoms. The van der Waals surface area contributed by atoms with Crippen LogP contribution >= 0.6 is 24.0 Å². The number of hydrogen-bond acceptors (Lipinski definition) is 4. The topological polar surface area (TPSA) is 76.4 Å². The van der Waals surface area contributed by atoms with E-state index in [4.69, 9.17) is 9.73 Å². The van der Waals surface area contributed by atoms with Gasteiger partial charge in [0.1, 0.15) is 17.9 Å². The molecule has 1 unspecified atom stereocenters. The first kappa shape index (κ1) is 25.6. The first-order chi connectivity index (χ1) is 15.1. The molecular formula is C24H33IN6O. The van der Waals surface area contributed by atoms with Gasteiger partial charge in [-0.15, -0.1) is 24.0 Å². The molecule has 0 radical (unpaired) electrons. The first-order valence-electron chi connectivity index (χ1n) is 10.8. The number of pyridine rings is 1. The third kappa shape index (κ3) is 7.51. The van der Waals surface area contributed by atoms with Gasteiger partial charge in [-0.25, -0.2) is 15.0 Å². The summed E-state index contributed by atoms with van der Waals surface area (Å²) in [5.74, 6) is 2.52. The first-order valence-corrected chi connectivity index (χ1v) is 10.8. The average Bonchev–Trinajstić information content (AvgIpc) is 3.32. The number of imidazole rings is 1. The normalized spacial score (nSPS) is 12.1. The van der Waals surface area contributed by atoms with E-state index in [1.807, 2.05) is 22.9 Å². The third-order valence-corrected chi connectivity index (χ3v) is 4.91. The Kier molecular flexibility index (Phi) is 10.5. The van der Waals surface area contributed by atoms with E-state index < -0.39 is 0 Å². The fraction of sp³-hybridized carbons (Fsp3) is 0.375. The van der Waals surface area contributed by atoms with Crippen LogP contribution in [0.5, 0.6) is 5.75 Å². The van der Waals surface area contributed by atoms with Crippen LogP contribution in [0.4, 0.5) is 0 Å². The summed E-state index contributed by atoms with van der Waals surface area (Å²) in [5, 5.41) is 6.74. The number of rotatable bonds is 9. The molecule has 0 aliphatic heterocycles. The maximum atomic E-state index is 6.13. The quantitative estimate of drug-likeness (QED) is 0.232. The SMILES string of the molecule is CCNC(=NCc1ccnc(-n2ccnc2)c1)NCc1ccc(C)cc1OC(C)CC.I. The van der Waals surface area contributed by atoms with E-state index in [-0.39, 0.29) is 30.1 Å². The zero-order valence-corrected chi connectivity index (χ0v) is 21.5. The molecule has 0 fully saturated rings. The number of hydrogen-bond donors (Lipinski definition) is 2. The van der Waals surface area contributed by atoms with E-state index in [0.29, 0.717) is 13.1 Å². The molecule has 3 rings (SSSR count). The highest BCUT2D eigenvalue weighted by molar-refractivity contribution is 14.0. The molecule has 8 heteroatoms. The summed E-state index contributed by atoms with van der Waals surface area (Å²) in [6.45, 7) is 10.3. The number of aliphatic imine (C=N–C) groups is 1. The van der Waals surface area contributed by atoms with Crippen LogP contribution in [0.15, 0.2) is 60.2 Å². The van der Waals surface area contributed by atoms with Crippen molar-refractivity contribution in [1.82, 2.24) is 25.2 Å². The summed E-state index contributed by atoms with van der Waals surface area (Å²) >= 11 is 0. The number of ether oxygens (including phenoxy) is 1. The molecule has 172 valence electrons. The fourth-order valence-corrected chi connectivity index (χ4v) is 3.00. The van der Waals surface area contributed by atoms with Crippen LogP contribution in [0.2, 0.25) is 0 Å². The summed E-state index contributed by atoms with van der Waals surface area (Å²) in [5.41, 5.74) is 3.38. The summed E-state index contributed by atoms with van der Waals surface area (Å²) in [6, 6.07) is 10.3. The van der Waals surface area contributed by atoms with Gasteiger partial charge in [0.25, 0.3) is 0 Å². The molecule has 2 aromatic heterocycles. The van der Waals surface area contributed by atoms with Crippen molar-refractivity contribution in [2.75, 3.05) is 6.54 Å². The van der Waals surface area contributed by atoms with E-state index in [0.717, 1.165) is 41.6 Å². The molecule has 1 aromatic carbocycles. The lowest BCUT2D eigenvalue weighted by molar-refractivity contribution is 0.215. The van der Waals surface area contributed by atoms with Gasteiger partial charge in [-0.2, -0.15) is 0 Å². The molecule has 0 aliphatic rings. The molecule has 7 nitrogen and oxygen atoms in total. The molecule has 1 atom stereocenters. The van der Waals surface area contributed by atoms with Crippen LogP contribution < -0.4 is 15.4 Å². The lowest BCUT2D eigenvalue weighted by Gasteiger charge is -2.18. The molecular weight excluding hydrogens is 515 g/mol. The largest absolute Gasteiger partial charge is 0.490 e. The lowest BCUT2D eigenvalue weighted by atomic mass is 10.1. The minimum absolute atomic E-state index is 0. The summed E-state index contributed by atoms with van der Waals surface area (Å²) in [7, 11) is 0. The number of aryl methyl sites for hydroxylation is 1. The number of benzene rings is 1. The summed E-state index contributed by atoms with van der Waals surface area (Å²) < 4.78 is 8.01. The van der Waals surface area contributed by atoms with Crippen molar-refractivity contribution >= 4 is 29.9 Å². The standard InChI is InChI=1S/C24H32N6O.HI/c1-5-19(4)31-22-13-18(3)7-8-21(22)16-29-24(26-6-2)28-15-20-9-10-27-23(14-20)30-12-11-25-17-30;/h7-14,17,19H,5-6,15-16H2,1-4H3,(H2,26,28,29);1H. The molecule has 2 heterocycles. The number of nitrogens with zero attached hydrogens (tertiary/aromatic N) is 4. The molecule has 0 saturated carbocycles. The van der Waals surface area contributed by atoms with Crippen LogP contribution in [0.25, 0.3) is 5.82 Å². The molecule has 0 aliphatic carbocycles. The van der Waals surface area contributed by atoms with Crippen LogP contribution in [0.1, 0.15) is 43.9 Å². The Morgan fingerprint density at radius 2 is 2.00 bits per heavy atom. The average molecular weight is 548 g/mol. The third-order valence-electron chi connectivity index (χ3n) is 4.91.